The summed E-state index contributed by atoms with van der Waals surface area (Å²) in [7, 11) is -18.2. The van der Waals surface area contributed by atoms with E-state index in [2.05, 4.69) is 5.16 Å². The molecule has 0 aromatic rings. The Morgan fingerprint density at radius 3 is 0.870 bits per heavy atom. The molecule has 0 saturated carbocycles. The van der Waals surface area contributed by atoms with Crippen LogP contribution in [0.5, 0.6) is 0 Å². The lowest BCUT2D eigenvalue weighted by atomic mass is 10.8. The van der Waals surface area contributed by atoms with Crippen LogP contribution in [0, 0.1) is 0 Å². The Labute approximate surface area is 128 Å². The van der Waals surface area contributed by atoms with Gasteiger partial charge >= 0.3 is 30.4 Å². The van der Waals surface area contributed by atoms with Crippen molar-refractivity contribution in [2.75, 3.05) is 18.4 Å². The van der Waals surface area contributed by atoms with Gasteiger partial charge in [-0.05, 0) is 0 Å². The second-order valence-electron chi connectivity index (χ2n) is 3.42. The molecule has 0 aliphatic carbocycles. The Morgan fingerprint density at radius 2 is 0.870 bits per heavy atom. The number of nitrogens with zero attached hydrogens (tertiary/aromatic N) is 1. The number of hydrogen-bond donors (Lipinski definition) is 10. The first-order valence-corrected chi connectivity index (χ1v) is 12.0. The lowest BCUT2D eigenvalue weighted by Gasteiger charge is -2.03. The van der Waals surface area contributed by atoms with Crippen molar-refractivity contribution in [3.05, 3.63) is 0 Å². The van der Waals surface area contributed by atoms with Gasteiger partial charge < -0.3 is 49.5 Å². The first-order valence-electron chi connectivity index (χ1n) is 4.78. The average Bonchev–Trinajstić information content (AvgIpc) is 2.07. The number of aliphatic hydroxyl groups is 1. The molecule has 0 rings (SSSR count). The van der Waals surface area contributed by atoms with Crippen LogP contribution in [0.1, 0.15) is 0 Å². The lowest BCUT2D eigenvalue weighted by Crippen LogP contribution is -1.88. The topological polar surface area (TPSA) is 283 Å². The van der Waals surface area contributed by atoms with Crippen molar-refractivity contribution in [3.8, 4) is 0 Å². The predicted molar refractivity (Wildman–Crippen MR) is 75.3 cm³/mol. The minimum Gasteiger partial charge on any atom is -0.411 e. The Bertz CT molecular complexity index is 437. The van der Waals surface area contributed by atoms with E-state index in [9.17, 15) is 18.3 Å². The Morgan fingerprint density at radius 1 is 0.652 bits per heavy atom. The van der Waals surface area contributed by atoms with Gasteiger partial charge in [-0.1, -0.05) is 5.16 Å². The van der Waals surface area contributed by atoms with E-state index in [1.165, 1.54) is 0 Å². The highest BCUT2D eigenvalue weighted by molar-refractivity contribution is 7.69. The van der Waals surface area contributed by atoms with Crippen LogP contribution in [-0.2, 0) is 18.3 Å². The summed E-state index contributed by atoms with van der Waals surface area (Å²) in [6.07, 6.45) is 0.986. The van der Waals surface area contributed by atoms with Crippen LogP contribution in [0.15, 0.2) is 5.16 Å². The monoisotopic (exact) mass is 427 g/mol. The minimum atomic E-state index is -4.55. The summed E-state index contributed by atoms with van der Waals surface area (Å²) in [6.45, 7) is -0.198. The first kappa shape index (κ1) is 27.9. The van der Waals surface area contributed by atoms with E-state index in [-0.39, 0.29) is 6.61 Å². The van der Waals surface area contributed by atoms with Crippen molar-refractivity contribution in [2.45, 2.75) is 0 Å². The maximum absolute atomic E-state index is 9.85. The van der Waals surface area contributed by atoms with E-state index in [1.54, 1.807) is 0 Å². The van der Waals surface area contributed by atoms with Gasteiger partial charge in [0.05, 0.1) is 12.8 Å². The highest BCUT2D eigenvalue weighted by Crippen LogP contribution is 2.52. The molecule has 0 aliphatic heterocycles. The molecule has 142 valence electrons. The molecule has 0 aliphatic rings. The molecule has 0 aromatic heterocycles. The van der Waals surface area contributed by atoms with Crippen LogP contribution in [0.3, 0.4) is 0 Å². The standard InChI is InChI=1S/C2H5NO2.2CH6O6P2/c4-2-1-3-5;2*2-8(3,4)1-9(5,6)7/h1,4-5H,2H2;2*1H2,(H2,2,3,4)(H2,5,6,7). The van der Waals surface area contributed by atoms with Gasteiger partial charge in [-0.2, -0.15) is 0 Å². The van der Waals surface area contributed by atoms with Crippen molar-refractivity contribution >= 4 is 36.6 Å². The quantitative estimate of drug-likeness (QED) is 0.0986. The van der Waals surface area contributed by atoms with Crippen LogP contribution in [0.2, 0.25) is 0 Å². The van der Waals surface area contributed by atoms with Crippen molar-refractivity contribution < 1.29 is 67.7 Å². The van der Waals surface area contributed by atoms with Crippen molar-refractivity contribution in [1.29, 1.82) is 0 Å². The molecule has 0 radical (unpaired) electrons. The summed E-state index contributed by atoms with van der Waals surface area (Å²) < 4.78 is 39.4. The lowest BCUT2D eigenvalue weighted by molar-refractivity contribution is 0.308. The molecule has 0 aromatic carbocycles. The maximum Gasteiger partial charge on any atom is 0.337 e. The van der Waals surface area contributed by atoms with Gasteiger partial charge in [-0.15, -0.1) is 0 Å². The van der Waals surface area contributed by atoms with E-state index in [4.69, 9.17) is 49.5 Å². The molecule has 23 heavy (non-hydrogen) atoms. The molecule has 0 fully saturated rings. The van der Waals surface area contributed by atoms with E-state index >= 15 is 0 Å². The zero-order chi connectivity index (χ0) is 19.5. The van der Waals surface area contributed by atoms with E-state index in [0.29, 0.717) is 0 Å². The molecule has 0 heterocycles. The second kappa shape index (κ2) is 11.6. The molecule has 0 unspecified atom stereocenters. The van der Waals surface area contributed by atoms with Gasteiger partial charge in [0, 0.05) is 0 Å². The molecular formula is C4H17NO14P4. The van der Waals surface area contributed by atoms with Crippen LogP contribution in [-0.4, -0.2) is 74.1 Å². The van der Waals surface area contributed by atoms with Gasteiger partial charge in [0.1, 0.15) is 0 Å². The van der Waals surface area contributed by atoms with Crippen molar-refractivity contribution in [2.24, 2.45) is 5.16 Å². The number of rotatable bonds is 5. The third-order valence-corrected chi connectivity index (χ3v) is 6.80. The average molecular weight is 427 g/mol. The number of oxime groups is 1. The highest BCUT2D eigenvalue weighted by Gasteiger charge is 2.27. The Balaban J connectivity index is -0.000000273. The number of hydrogen-bond acceptors (Lipinski definition) is 7. The molecule has 0 spiro atoms. The first-order chi connectivity index (χ1) is 9.83. The molecular weight excluding hydrogens is 410 g/mol. The van der Waals surface area contributed by atoms with Crippen LogP contribution < -0.4 is 0 Å². The highest BCUT2D eigenvalue weighted by atomic mass is 31.2. The molecule has 0 amide bonds. The van der Waals surface area contributed by atoms with Crippen molar-refractivity contribution in [3.63, 3.8) is 0 Å². The third kappa shape index (κ3) is 44.9. The van der Waals surface area contributed by atoms with E-state index in [1.807, 2.05) is 0 Å². The fraction of sp³-hybridized carbons (Fsp3) is 0.750. The fourth-order valence-corrected chi connectivity index (χ4v) is 4.36. The van der Waals surface area contributed by atoms with E-state index in [0.717, 1.165) is 6.21 Å². The Kier molecular flexibility index (Phi) is 14.0. The smallest absolute Gasteiger partial charge is 0.337 e. The summed E-state index contributed by atoms with van der Waals surface area (Å²) in [5.74, 6) is -2.75. The van der Waals surface area contributed by atoms with Gasteiger partial charge in [0.2, 0.25) is 0 Å². The van der Waals surface area contributed by atoms with E-state index < -0.39 is 42.2 Å². The fourth-order valence-electron chi connectivity index (χ4n) is 0.516. The summed E-state index contributed by atoms with van der Waals surface area (Å²) >= 11 is 0. The van der Waals surface area contributed by atoms with Gasteiger partial charge in [0.25, 0.3) is 0 Å². The van der Waals surface area contributed by atoms with Gasteiger partial charge in [-0.25, -0.2) is 0 Å². The summed E-state index contributed by atoms with van der Waals surface area (Å²) in [6, 6.07) is 0. The number of aliphatic hydroxyl groups excluding tert-OH is 1. The maximum atomic E-state index is 9.85. The Hall–Kier alpha value is 0.0300. The van der Waals surface area contributed by atoms with Crippen LogP contribution in [0.25, 0.3) is 0 Å². The molecule has 19 heteroatoms. The van der Waals surface area contributed by atoms with Crippen LogP contribution in [0.4, 0.5) is 0 Å². The summed E-state index contributed by atoms with van der Waals surface area (Å²) in [5.41, 5.74) is 0. The zero-order valence-electron chi connectivity index (χ0n) is 11.0. The van der Waals surface area contributed by atoms with Crippen molar-refractivity contribution in [1.82, 2.24) is 0 Å². The third-order valence-electron chi connectivity index (χ3n) is 0.900. The largest absolute Gasteiger partial charge is 0.411 e. The SMILES string of the molecule is O=P(O)(O)CP(=O)(O)O.O=P(O)(O)CP(=O)(O)O.OCC=NO. The predicted octanol–water partition coefficient (Wildman–Crippen LogP) is -1.96. The zero-order valence-corrected chi connectivity index (χ0v) is 14.6. The molecule has 0 saturated heterocycles. The second-order valence-corrected chi connectivity index (χ2v) is 11.0. The molecule has 10 N–H and O–H groups in total. The molecule has 0 atom stereocenters. The molecule has 15 nitrogen and oxygen atoms in total. The van der Waals surface area contributed by atoms with Gasteiger partial charge in [-0.3, -0.25) is 18.3 Å². The molecule has 0 bridgehead atoms. The normalized spacial score (nSPS) is 12.9. The summed E-state index contributed by atoms with van der Waals surface area (Å²) in [5, 5.41) is 17.7. The minimum absolute atomic E-state index is 0.198. The van der Waals surface area contributed by atoms with Crippen LogP contribution >= 0.6 is 30.4 Å². The van der Waals surface area contributed by atoms with Gasteiger partial charge in [0.15, 0.2) is 11.8 Å². The summed E-state index contributed by atoms with van der Waals surface area (Å²) in [4.78, 5) is 63.8.